The van der Waals surface area contributed by atoms with Gasteiger partial charge >= 0.3 is 18.4 Å². The Morgan fingerprint density at radius 3 is 2.24 bits per heavy atom. The SMILES string of the molecule is CC(C)(C)C1CCC(C(NC(=O)Nc2ccc(OC(F)(F)F)c(C#N)c2)c2ccc(C(=O)NCCC(=O)O)cc2)CC1. The minimum absolute atomic E-state index is 0.00584. The molecule has 1 aliphatic rings. The Morgan fingerprint density at radius 2 is 1.69 bits per heavy atom. The molecule has 0 aliphatic heterocycles. The van der Waals surface area contributed by atoms with Crippen LogP contribution >= 0.6 is 0 Å². The molecule has 0 aromatic heterocycles. The third-order valence-electron chi connectivity index (χ3n) is 7.49. The summed E-state index contributed by atoms with van der Waals surface area (Å²) in [6.45, 7) is 6.62. The Balaban J connectivity index is 1.78. The molecule has 0 radical (unpaired) electrons. The molecule has 2 aromatic rings. The van der Waals surface area contributed by atoms with Crippen LogP contribution in [0.25, 0.3) is 0 Å². The number of amides is 3. The molecule has 0 spiro atoms. The Morgan fingerprint density at radius 1 is 1.05 bits per heavy atom. The minimum atomic E-state index is -4.97. The van der Waals surface area contributed by atoms with Crippen LogP contribution in [0.3, 0.4) is 0 Å². The molecule has 12 heteroatoms. The molecule has 3 amide bonds. The van der Waals surface area contributed by atoms with Crippen LogP contribution in [-0.4, -0.2) is 35.9 Å². The van der Waals surface area contributed by atoms with Gasteiger partial charge in [-0.2, -0.15) is 5.26 Å². The number of benzene rings is 2. The zero-order valence-corrected chi connectivity index (χ0v) is 23.7. The summed E-state index contributed by atoms with van der Waals surface area (Å²) in [6, 6.07) is 10.6. The minimum Gasteiger partial charge on any atom is -0.481 e. The summed E-state index contributed by atoms with van der Waals surface area (Å²) in [5, 5.41) is 26.2. The van der Waals surface area contributed by atoms with E-state index in [1.54, 1.807) is 30.3 Å². The van der Waals surface area contributed by atoms with Crippen LogP contribution in [0, 0.1) is 28.6 Å². The van der Waals surface area contributed by atoms with Gasteiger partial charge < -0.3 is 25.8 Å². The Labute approximate surface area is 242 Å². The highest BCUT2D eigenvalue weighted by molar-refractivity contribution is 5.94. The van der Waals surface area contributed by atoms with E-state index in [0.717, 1.165) is 43.4 Å². The lowest BCUT2D eigenvalue weighted by Gasteiger charge is -2.39. The number of carbonyl (C=O) groups is 3. The first-order valence-corrected chi connectivity index (χ1v) is 13.6. The van der Waals surface area contributed by atoms with E-state index < -0.39 is 36.1 Å². The van der Waals surface area contributed by atoms with Crippen LogP contribution in [0.5, 0.6) is 5.75 Å². The quantitative estimate of drug-likeness (QED) is 0.268. The largest absolute Gasteiger partial charge is 0.573 e. The molecule has 1 unspecified atom stereocenters. The number of carbonyl (C=O) groups excluding carboxylic acids is 2. The van der Waals surface area contributed by atoms with E-state index in [9.17, 15) is 32.8 Å². The first-order valence-electron chi connectivity index (χ1n) is 13.6. The maximum Gasteiger partial charge on any atom is 0.573 e. The predicted octanol–water partition coefficient (Wildman–Crippen LogP) is 6.38. The molecule has 1 saturated carbocycles. The number of carboxylic acid groups (broad SMARTS) is 1. The Hall–Kier alpha value is -4.27. The number of hydrogen-bond acceptors (Lipinski definition) is 5. The number of nitrogens with one attached hydrogen (secondary N) is 3. The molecule has 1 aliphatic carbocycles. The average molecular weight is 589 g/mol. The molecular formula is C30H35F3N4O5. The average Bonchev–Trinajstić information content (AvgIpc) is 2.91. The van der Waals surface area contributed by atoms with E-state index in [2.05, 4.69) is 41.5 Å². The summed E-state index contributed by atoms with van der Waals surface area (Å²) >= 11 is 0. The van der Waals surface area contributed by atoms with E-state index in [1.165, 1.54) is 6.07 Å². The Bertz CT molecular complexity index is 1310. The third-order valence-corrected chi connectivity index (χ3v) is 7.49. The molecule has 2 aromatic carbocycles. The second-order valence-corrected chi connectivity index (χ2v) is 11.4. The van der Waals surface area contributed by atoms with Crippen LogP contribution < -0.4 is 20.7 Å². The summed E-state index contributed by atoms with van der Waals surface area (Å²) in [5.74, 6) is -1.49. The van der Waals surface area contributed by atoms with Crippen molar-refractivity contribution in [1.82, 2.24) is 10.6 Å². The highest BCUT2D eigenvalue weighted by Crippen LogP contribution is 2.43. The lowest BCUT2D eigenvalue weighted by Crippen LogP contribution is -2.38. The van der Waals surface area contributed by atoms with Crippen molar-refractivity contribution in [2.75, 3.05) is 11.9 Å². The van der Waals surface area contributed by atoms with Crippen molar-refractivity contribution in [3.05, 3.63) is 59.2 Å². The van der Waals surface area contributed by atoms with E-state index in [0.29, 0.717) is 11.5 Å². The number of nitriles is 1. The summed E-state index contributed by atoms with van der Waals surface area (Å²) in [4.78, 5) is 36.2. The molecular weight excluding hydrogens is 553 g/mol. The topological polar surface area (TPSA) is 141 Å². The second kappa shape index (κ2) is 13.6. The van der Waals surface area contributed by atoms with Crippen LogP contribution in [0.15, 0.2) is 42.5 Å². The van der Waals surface area contributed by atoms with Gasteiger partial charge in [0.15, 0.2) is 0 Å². The van der Waals surface area contributed by atoms with Crippen molar-refractivity contribution < 1.29 is 37.4 Å². The van der Waals surface area contributed by atoms with Crippen LogP contribution in [0.1, 0.15) is 80.4 Å². The van der Waals surface area contributed by atoms with Gasteiger partial charge in [0.2, 0.25) is 0 Å². The fraction of sp³-hybridized carbons (Fsp3) is 0.467. The zero-order valence-electron chi connectivity index (χ0n) is 23.7. The van der Waals surface area contributed by atoms with Gasteiger partial charge in [0.25, 0.3) is 5.91 Å². The lowest BCUT2D eigenvalue weighted by atomic mass is 9.68. The van der Waals surface area contributed by atoms with Crippen molar-refractivity contribution in [1.29, 1.82) is 5.26 Å². The van der Waals surface area contributed by atoms with Gasteiger partial charge in [0.05, 0.1) is 18.0 Å². The van der Waals surface area contributed by atoms with Gasteiger partial charge in [-0.15, -0.1) is 13.2 Å². The predicted molar refractivity (Wildman–Crippen MR) is 149 cm³/mol. The molecule has 9 nitrogen and oxygen atoms in total. The van der Waals surface area contributed by atoms with Crippen molar-refractivity contribution in [3.63, 3.8) is 0 Å². The molecule has 3 rings (SSSR count). The number of alkyl halides is 3. The smallest absolute Gasteiger partial charge is 0.481 e. The molecule has 226 valence electrons. The fourth-order valence-corrected chi connectivity index (χ4v) is 5.24. The Kier molecular flexibility index (Phi) is 10.4. The van der Waals surface area contributed by atoms with Gasteiger partial charge in [-0.1, -0.05) is 32.9 Å². The maximum atomic E-state index is 13.1. The van der Waals surface area contributed by atoms with Gasteiger partial charge in [-0.25, -0.2) is 4.79 Å². The number of hydrogen-bond donors (Lipinski definition) is 4. The van der Waals surface area contributed by atoms with Crippen molar-refractivity contribution in [3.8, 4) is 11.8 Å². The number of urea groups is 1. The van der Waals surface area contributed by atoms with Gasteiger partial charge in [-0.05, 0) is 78.8 Å². The van der Waals surface area contributed by atoms with Crippen molar-refractivity contribution >= 4 is 23.6 Å². The molecule has 0 bridgehead atoms. The summed E-state index contributed by atoms with van der Waals surface area (Å²) in [5.41, 5.74) is 0.982. The summed E-state index contributed by atoms with van der Waals surface area (Å²) in [6.07, 6.45) is -1.50. The summed E-state index contributed by atoms with van der Waals surface area (Å²) in [7, 11) is 0. The summed E-state index contributed by atoms with van der Waals surface area (Å²) < 4.78 is 41.8. The first kappa shape index (κ1) is 32.2. The first-order chi connectivity index (χ1) is 19.7. The monoisotopic (exact) mass is 588 g/mol. The number of halogens is 3. The number of aliphatic carboxylic acids is 1. The van der Waals surface area contributed by atoms with Gasteiger partial charge in [-0.3, -0.25) is 9.59 Å². The van der Waals surface area contributed by atoms with Crippen LogP contribution in [0.2, 0.25) is 0 Å². The standard InChI is InChI=1S/C30H35F3N4O5/c1-29(2,3)22-10-8-19(9-11-22)26(18-4-6-20(7-5-18)27(40)35-15-14-25(38)39)37-28(41)36-23-12-13-24(21(16-23)17-34)42-30(31,32)33/h4-7,12-13,16,19,22,26H,8-11,14-15H2,1-3H3,(H,35,40)(H,38,39)(H2,36,37,41). The van der Waals surface area contributed by atoms with Crippen LogP contribution in [-0.2, 0) is 4.79 Å². The molecule has 42 heavy (non-hydrogen) atoms. The fourth-order valence-electron chi connectivity index (χ4n) is 5.24. The van der Waals surface area contributed by atoms with E-state index in [1.807, 2.05) is 0 Å². The number of nitrogens with zero attached hydrogens (tertiary/aromatic N) is 1. The molecule has 1 atom stereocenters. The molecule has 1 fully saturated rings. The van der Waals surface area contributed by atoms with E-state index in [4.69, 9.17) is 5.11 Å². The highest BCUT2D eigenvalue weighted by atomic mass is 19.4. The second-order valence-electron chi connectivity index (χ2n) is 11.4. The van der Waals surface area contributed by atoms with Crippen molar-refractivity contribution in [2.24, 2.45) is 17.3 Å². The van der Waals surface area contributed by atoms with Gasteiger partial charge in [0, 0.05) is 17.8 Å². The molecule has 0 heterocycles. The normalized spacial score (nSPS) is 17.8. The molecule has 4 N–H and O–H groups in total. The zero-order chi connectivity index (χ0) is 31.1. The number of carboxylic acids is 1. The van der Waals surface area contributed by atoms with Crippen LogP contribution in [0.4, 0.5) is 23.7 Å². The van der Waals surface area contributed by atoms with E-state index in [-0.39, 0.29) is 35.5 Å². The molecule has 0 saturated heterocycles. The lowest BCUT2D eigenvalue weighted by molar-refractivity contribution is -0.274. The third kappa shape index (κ3) is 9.39. The van der Waals surface area contributed by atoms with E-state index >= 15 is 0 Å². The number of ether oxygens (including phenoxy) is 1. The number of anilines is 1. The highest BCUT2D eigenvalue weighted by Gasteiger charge is 2.35. The van der Waals surface area contributed by atoms with Gasteiger partial charge in [0.1, 0.15) is 11.8 Å². The maximum absolute atomic E-state index is 13.1. The van der Waals surface area contributed by atoms with Crippen molar-refractivity contribution in [2.45, 2.75) is 65.3 Å². The number of rotatable bonds is 9.